The number of fused-ring (bicyclic) bond motifs is 1. The molecule has 2 aromatic rings. The standard InChI is InChI=1S/C20H27N3O5S2/c1-3-28-15-9-10-16-17(11-15)29-20(23(16)2)22-19(25)13-30(26,27)12-18(24)21-14-7-5-4-6-8-14/h9-11,14H,3-8,12-13H2,1-2H3,(H,21,24). The Bertz CT molecular complexity index is 1100. The molecule has 0 bridgehead atoms. The number of thiazole rings is 1. The Morgan fingerprint density at radius 3 is 2.67 bits per heavy atom. The molecule has 3 rings (SSSR count). The lowest BCUT2D eigenvalue weighted by Crippen LogP contribution is -2.40. The van der Waals surface area contributed by atoms with E-state index < -0.39 is 33.2 Å². The Balaban J connectivity index is 1.67. The van der Waals surface area contributed by atoms with Gasteiger partial charge in [-0.25, -0.2) is 8.42 Å². The van der Waals surface area contributed by atoms with Crippen LogP contribution in [0.4, 0.5) is 0 Å². The van der Waals surface area contributed by atoms with Crippen LogP contribution in [-0.4, -0.2) is 49.0 Å². The maximum Gasteiger partial charge on any atom is 0.263 e. The first-order chi connectivity index (χ1) is 14.3. The van der Waals surface area contributed by atoms with Gasteiger partial charge >= 0.3 is 0 Å². The zero-order valence-corrected chi connectivity index (χ0v) is 18.9. The number of hydrogen-bond acceptors (Lipinski definition) is 6. The molecule has 10 heteroatoms. The Kier molecular flexibility index (Phi) is 7.30. The van der Waals surface area contributed by atoms with Crippen LogP contribution >= 0.6 is 11.3 Å². The van der Waals surface area contributed by atoms with Gasteiger partial charge in [0.15, 0.2) is 14.6 Å². The van der Waals surface area contributed by atoms with Crippen LogP contribution < -0.4 is 14.9 Å². The van der Waals surface area contributed by atoms with E-state index in [9.17, 15) is 18.0 Å². The third kappa shape index (κ3) is 5.91. The minimum absolute atomic E-state index is 0.0287. The maximum atomic E-state index is 12.3. The molecule has 2 amide bonds. The zero-order chi connectivity index (χ0) is 21.7. The summed E-state index contributed by atoms with van der Waals surface area (Å²) < 4.78 is 32.7. The molecule has 0 saturated heterocycles. The predicted octanol–water partition coefficient (Wildman–Crippen LogP) is 1.93. The number of ether oxygens (including phenoxy) is 1. The topological polar surface area (TPSA) is 107 Å². The van der Waals surface area contributed by atoms with Gasteiger partial charge in [0.2, 0.25) is 5.91 Å². The number of aromatic nitrogens is 1. The highest BCUT2D eigenvalue weighted by atomic mass is 32.2. The summed E-state index contributed by atoms with van der Waals surface area (Å²) in [5.41, 5.74) is 0.865. The maximum absolute atomic E-state index is 12.3. The Hall–Kier alpha value is -2.20. The Labute approximate surface area is 179 Å². The van der Waals surface area contributed by atoms with Crippen LogP contribution in [0.15, 0.2) is 23.2 Å². The monoisotopic (exact) mass is 453 g/mol. The number of carbonyl (C=O) groups excluding carboxylic acids is 2. The average Bonchev–Trinajstić information content (AvgIpc) is 2.96. The van der Waals surface area contributed by atoms with Gasteiger partial charge in [-0.2, -0.15) is 4.99 Å². The van der Waals surface area contributed by atoms with Crippen molar-refractivity contribution in [2.24, 2.45) is 12.0 Å². The second-order valence-corrected chi connectivity index (χ2v) is 10.5. The van der Waals surface area contributed by atoms with Crippen LogP contribution in [0.1, 0.15) is 39.0 Å². The van der Waals surface area contributed by atoms with Gasteiger partial charge in [-0.1, -0.05) is 30.6 Å². The van der Waals surface area contributed by atoms with Crippen molar-refractivity contribution in [2.45, 2.75) is 45.1 Å². The molecule has 0 aliphatic heterocycles. The summed E-state index contributed by atoms with van der Waals surface area (Å²) in [6.45, 7) is 2.44. The summed E-state index contributed by atoms with van der Waals surface area (Å²) in [5, 5.41) is 2.77. The molecule has 0 unspecified atom stereocenters. The molecule has 1 fully saturated rings. The van der Waals surface area contributed by atoms with E-state index in [1.54, 1.807) is 11.6 Å². The van der Waals surface area contributed by atoms with Crippen molar-refractivity contribution in [3.05, 3.63) is 23.0 Å². The molecule has 0 atom stereocenters. The van der Waals surface area contributed by atoms with Gasteiger partial charge in [-0.15, -0.1) is 0 Å². The summed E-state index contributed by atoms with van der Waals surface area (Å²) >= 11 is 1.28. The van der Waals surface area contributed by atoms with E-state index in [4.69, 9.17) is 4.74 Å². The van der Waals surface area contributed by atoms with Crippen LogP contribution in [0, 0.1) is 0 Å². The number of sulfone groups is 1. The van der Waals surface area contributed by atoms with E-state index in [1.165, 1.54) is 11.3 Å². The second kappa shape index (κ2) is 9.74. The number of hydrogen-bond donors (Lipinski definition) is 1. The van der Waals surface area contributed by atoms with Crippen molar-refractivity contribution in [2.75, 3.05) is 18.1 Å². The van der Waals surface area contributed by atoms with E-state index in [0.29, 0.717) is 11.4 Å². The van der Waals surface area contributed by atoms with Crippen molar-refractivity contribution in [3.63, 3.8) is 0 Å². The number of nitrogens with zero attached hydrogens (tertiary/aromatic N) is 2. The molecule has 0 radical (unpaired) electrons. The Morgan fingerprint density at radius 2 is 1.97 bits per heavy atom. The average molecular weight is 454 g/mol. The van der Waals surface area contributed by atoms with Crippen molar-refractivity contribution in [1.82, 2.24) is 9.88 Å². The molecule has 1 N–H and O–H groups in total. The van der Waals surface area contributed by atoms with Gasteiger partial charge in [-0.3, -0.25) is 9.59 Å². The number of rotatable bonds is 7. The smallest absolute Gasteiger partial charge is 0.263 e. The summed E-state index contributed by atoms with van der Waals surface area (Å²) in [4.78, 5) is 28.7. The zero-order valence-electron chi connectivity index (χ0n) is 17.2. The van der Waals surface area contributed by atoms with Crippen LogP contribution in [-0.2, 0) is 26.5 Å². The number of amides is 2. The Morgan fingerprint density at radius 1 is 1.23 bits per heavy atom. The molecule has 1 heterocycles. The summed E-state index contributed by atoms with van der Waals surface area (Å²) in [5.74, 6) is -2.10. The fourth-order valence-corrected chi connectivity index (χ4v) is 5.66. The molecule has 1 saturated carbocycles. The first-order valence-electron chi connectivity index (χ1n) is 10.1. The number of carbonyl (C=O) groups is 2. The van der Waals surface area contributed by atoms with Crippen molar-refractivity contribution >= 4 is 43.2 Å². The van der Waals surface area contributed by atoms with Gasteiger partial charge in [0.05, 0.1) is 16.8 Å². The molecular weight excluding hydrogens is 426 g/mol. The van der Waals surface area contributed by atoms with E-state index in [0.717, 1.165) is 48.1 Å². The van der Waals surface area contributed by atoms with Gasteiger partial charge in [0.25, 0.3) is 5.91 Å². The third-order valence-corrected chi connectivity index (χ3v) is 7.46. The van der Waals surface area contributed by atoms with Gasteiger partial charge in [0, 0.05) is 13.1 Å². The first kappa shape index (κ1) is 22.5. The van der Waals surface area contributed by atoms with Gasteiger partial charge in [0.1, 0.15) is 17.3 Å². The molecule has 164 valence electrons. The van der Waals surface area contributed by atoms with Crippen molar-refractivity contribution in [1.29, 1.82) is 0 Å². The minimum Gasteiger partial charge on any atom is -0.494 e. The molecule has 30 heavy (non-hydrogen) atoms. The summed E-state index contributed by atoms with van der Waals surface area (Å²) in [6.07, 6.45) is 4.95. The lowest BCUT2D eigenvalue weighted by atomic mass is 9.95. The fraction of sp³-hybridized carbons (Fsp3) is 0.550. The minimum atomic E-state index is -3.89. The summed E-state index contributed by atoms with van der Waals surface area (Å²) in [7, 11) is -2.13. The molecule has 1 aromatic heterocycles. The van der Waals surface area contributed by atoms with Crippen LogP contribution in [0.3, 0.4) is 0 Å². The quantitative estimate of drug-likeness (QED) is 0.689. The van der Waals surface area contributed by atoms with E-state index in [2.05, 4.69) is 10.3 Å². The largest absolute Gasteiger partial charge is 0.494 e. The fourth-order valence-electron chi connectivity index (χ4n) is 3.57. The lowest BCUT2D eigenvalue weighted by Gasteiger charge is -2.22. The van der Waals surface area contributed by atoms with E-state index >= 15 is 0 Å². The second-order valence-electron chi connectivity index (χ2n) is 7.45. The highest BCUT2D eigenvalue weighted by Crippen LogP contribution is 2.22. The van der Waals surface area contributed by atoms with E-state index in [1.807, 2.05) is 25.1 Å². The summed E-state index contributed by atoms with van der Waals surface area (Å²) in [6, 6.07) is 5.59. The number of nitrogens with one attached hydrogen (secondary N) is 1. The highest BCUT2D eigenvalue weighted by molar-refractivity contribution is 7.92. The number of benzene rings is 1. The van der Waals surface area contributed by atoms with Crippen molar-refractivity contribution < 1.29 is 22.7 Å². The van der Waals surface area contributed by atoms with Gasteiger partial charge in [-0.05, 0) is 38.0 Å². The van der Waals surface area contributed by atoms with E-state index in [-0.39, 0.29) is 6.04 Å². The highest BCUT2D eigenvalue weighted by Gasteiger charge is 2.23. The third-order valence-electron chi connectivity index (χ3n) is 4.98. The molecule has 1 aliphatic carbocycles. The molecule has 1 aliphatic rings. The van der Waals surface area contributed by atoms with Gasteiger partial charge < -0.3 is 14.6 Å². The number of aryl methyl sites for hydroxylation is 1. The van der Waals surface area contributed by atoms with Crippen LogP contribution in [0.25, 0.3) is 10.2 Å². The first-order valence-corrected chi connectivity index (χ1v) is 12.7. The molecule has 0 spiro atoms. The molecule has 1 aromatic carbocycles. The normalized spacial score (nSPS) is 16.0. The lowest BCUT2D eigenvalue weighted by molar-refractivity contribution is -0.119. The van der Waals surface area contributed by atoms with Crippen LogP contribution in [0.5, 0.6) is 5.75 Å². The molecule has 8 nitrogen and oxygen atoms in total. The molecular formula is C20H27N3O5S2. The SMILES string of the molecule is CCOc1ccc2c(c1)sc(=NC(=O)CS(=O)(=O)CC(=O)NC1CCCCC1)n2C. The van der Waals surface area contributed by atoms with Crippen molar-refractivity contribution in [3.8, 4) is 5.75 Å². The van der Waals surface area contributed by atoms with Crippen LogP contribution in [0.2, 0.25) is 0 Å². The predicted molar refractivity (Wildman–Crippen MR) is 116 cm³/mol.